The molecule has 0 spiro atoms. The highest BCUT2D eigenvalue weighted by Gasteiger charge is 2.14. The average molecular weight is 236 g/mol. The Morgan fingerprint density at radius 1 is 1.35 bits per heavy atom. The van der Waals surface area contributed by atoms with E-state index in [9.17, 15) is 9.59 Å². The van der Waals surface area contributed by atoms with Crippen molar-refractivity contribution < 1.29 is 14.3 Å². The van der Waals surface area contributed by atoms with Crippen molar-refractivity contribution in [1.82, 2.24) is 5.32 Å². The Balaban J connectivity index is 2.40. The minimum atomic E-state index is -0.665. The highest BCUT2D eigenvalue weighted by Crippen LogP contribution is 2.01. The van der Waals surface area contributed by atoms with Crippen molar-refractivity contribution in [3.63, 3.8) is 0 Å². The van der Waals surface area contributed by atoms with Crippen LogP contribution in [0.5, 0.6) is 0 Å². The minimum Gasteiger partial charge on any atom is -0.468 e. The average Bonchev–Trinajstić information content (AvgIpc) is 2.36. The van der Waals surface area contributed by atoms with Gasteiger partial charge in [0, 0.05) is 0 Å². The second-order valence-electron chi connectivity index (χ2n) is 3.59. The van der Waals surface area contributed by atoms with Crippen molar-refractivity contribution in [2.75, 3.05) is 13.7 Å². The van der Waals surface area contributed by atoms with Crippen molar-refractivity contribution in [1.29, 1.82) is 0 Å². The predicted octanol–water partition coefficient (Wildman–Crippen LogP) is -0.154. The first-order valence-corrected chi connectivity index (χ1v) is 5.27. The van der Waals surface area contributed by atoms with E-state index >= 15 is 0 Å². The molecule has 17 heavy (non-hydrogen) atoms. The molecule has 0 heterocycles. The summed E-state index contributed by atoms with van der Waals surface area (Å²) >= 11 is 0. The molecular weight excluding hydrogens is 220 g/mol. The molecule has 1 aromatic carbocycles. The molecule has 1 rings (SSSR count). The number of benzene rings is 1. The zero-order valence-electron chi connectivity index (χ0n) is 9.68. The number of hydrogen-bond acceptors (Lipinski definition) is 4. The van der Waals surface area contributed by atoms with Crippen LogP contribution in [0.1, 0.15) is 5.56 Å². The second-order valence-corrected chi connectivity index (χ2v) is 3.59. The Kier molecular flexibility index (Phi) is 5.16. The molecule has 0 saturated carbocycles. The molecule has 0 aromatic heterocycles. The summed E-state index contributed by atoms with van der Waals surface area (Å²) in [4.78, 5) is 22.3. The Bertz CT molecular complexity index is 379. The van der Waals surface area contributed by atoms with Gasteiger partial charge in [0.25, 0.3) is 0 Å². The Labute approximate surface area is 99.9 Å². The summed E-state index contributed by atoms with van der Waals surface area (Å²) in [5.41, 5.74) is 6.69. The third kappa shape index (κ3) is 4.65. The largest absolute Gasteiger partial charge is 0.468 e. The van der Waals surface area contributed by atoms with Gasteiger partial charge in [0.05, 0.1) is 13.2 Å². The van der Waals surface area contributed by atoms with Gasteiger partial charge in [0.2, 0.25) is 5.91 Å². The number of ether oxygens (including phenoxy) is 1. The van der Waals surface area contributed by atoms with Gasteiger partial charge >= 0.3 is 5.97 Å². The number of carbonyl (C=O) groups is 2. The quantitative estimate of drug-likeness (QED) is 0.696. The van der Waals surface area contributed by atoms with Crippen molar-refractivity contribution in [3.05, 3.63) is 35.9 Å². The van der Waals surface area contributed by atoms with Crippen LogP contribution in [0.4, 0.5) is 0 Å². The molecule has 0 bridgehead atoms. The summed E-state index contributed by atoms with van der Waals surface area (Å²) in [5, 5.41) is 2.41. The van der Waals surface area contributed by atoms with Crippen LogP contribution in [0, 0.1) is 0 Å². The van der Waals surface area contributed by atoms with Crippen molar-refractivity contribution >= 4 is 11.9 Å². The Morgan fingerprint density at radius 2 is 2.00 bits per heavy atom. The van der Waals surface area contributed by atoms with Crippen LogP contribution in [0.2, 0.25) is 0 Å². The molecule has 5 nitrogen and oxygen atoms in total. The van der Waals surface area contributed by atoms with Gasteiger partial charge in [-0.25, -0.2) is 0 Å². The normalized spacial score (nSPS) is 11.6. The summed E-state index contributed by atoms with van der Waals surface area (Å²) in [6, 6.07) is 8.79. The van der Waals surface area contributed by atoms with Crippen LogP contribution in [0.25, 0.3) is 0 Å². The molecule has 0 saturated heterocycles. The van der Waals surface area contributed by atoms with Gasteiger partial charge in [-0.15, -0.1) is 0 Å². The topological polar surface area (TPSA) is 81.4 Å². The zero-order chi connectivity index (χ0) is 12.7. The Hall–Kier alpha value is -1.88. The van der Waals surface area contributed by atoms with E-state index < -0.39 is 12.0 Å². The van der Waals surface area contributed by atoms with E-state index in [0.29, 0.717) is 6.42 Å². The molecule has 0 radical (unpaired) electrons. The van der Waals surface area contributed by atoms with E-state index in [-0.39, 0.29) is 12.5 Å². The van der Waals surface area contributed by atoms with Crippen LogP contribution >= 0.6 is 0 Å². The summed E-state index contributed by atoms with van der Waals surface area (Å²) in [6.45, 7) is -0.155. The van der Waals surface area contributed by atoms with Crippen LogP contribution in [0.3, 0.4) is 0 Å². The van der Waals surface area contributed by atoms with E-state index in [0.717, 1.165) is 5.56 Å². The lowest BCUT2D eigenvalue weighted by Gasteiger charge is -2.11. The molecule has 3 N–H and O–H groups in total. The molecular formula is C12H16N2O3. The van der Waals surface area contributed by atoms with Gasteiger partial charge in [-0.3, -0.25) is 9.59 Å². The highest BCUT2D eigenvalue weighted by molar-refractivity contribution is 5.85. The van der Waals surface area contributed by atoms with Crippen molar-refractivity contribution in [2.45, 2.75) is 12.5 Å². The van der Waals surface area contributed by atoms with Crippen LogP contribution in [-0.4, -0.2) is 31.6 Å². The second kappa shape index (κ2) is 6.65. The van der Waals surface area contributed by atoms with Crippen molar-refractivity contribution in [3.8, 4) is 0 Å². The molecule has 5 heteroatoms. The number of methoxy groups -OCH3 is 1. The smallest absolute Gasteiger partial charge is 0.325 e. The maximum atomic E-state index is 11.5. The number of nitrogens with one attached hydrogen (secondary N) is 1. The third-order valence-corrected chi connectivity index (χ3v) is 2.27. The fourth-order valence-corrected chi connectivity index (χ4v) is 1.32. The van der Waals surface area contributed by atoms with Gasteiger partial charge in [-0.2, -0.15) is 0 Å². The monoisotopic (exact) mass is 236 g/mol. The summed E-state index contributed by atoms with van der Waals surface area (Å²) < 4.78 is 4.40. The lowest BCUT2D eigenvalue weighted by molar-refractivity contribution is -0.141. The summed E-state index contributed by atoms with van der Waals surface area (Å²) in [6.07, 6.45) is 0.438. The standard InChI is InChI=1S/C12H16N2O3/c1-17-11(15)8-14-12(16)10(13)7-9-5-3-2-4-6-9/h2-6,10H,7-8,13H2,1H3,(H,14,16). The summed E-state index contributed by atoms with van der Waals surface area (Å²) in [7, 11) is 1.26. The molecule has 1 aromatic rings. The first-order chi connectivity index (χ1) is 8.13. The minimum absolute atomic E-state index is 0.155. The maximum Gasteiger partial charge on any atom is 0.325 e. The SMILES string of the molecule is COC(=O)CNC(=O)C(N)Cc1ccccc1. The van der Waals surface area contributed by atoms with Crippen LogP contribution in [-0.2, 0) is 20.7 Å². The van der Waals surface area contributed by atoms with Gasteiger partial charge in [-0.1, -0.05) is 30.3 Å². The van der Waals surface area contributed by atoms with E-state index in [1.54, 1.807) is 0 Å². The molecule has 0 aliphatic heterocycles. The highest BCUT2D eigenvalue weighted by atomic mass is 16.5. The van der Waals surface area contributed by atoms with E-state index in [4.69, 9.17) is 5.73 Å². The molecule has 1 amide bonds. The molecule has 1 atom stereocenters. The lowest BCUT2D eigenvalue weighted by Crippen LogP contribution is -2.44. The summed E-state index contributed by atoms with van der Waals surface area (Å²) in [5.74, 6) is -0.857. The maximum absolute atomic E-state index is 11.5. The molecule has 1 unspecified atom stereocenters. The number of nitrogens with two attached hydrogens (primary N) is 1. The molecule has 0 aliphatic rings. The number of rotatable bonds is 5. The van der Waals surface area contributed by atoms with E-state index in [2.05, 4.69) is 10.1 Å². The fraction of sp³-hybridized carbons (Fsp3) is 0.333. The van der Waals surface area contributed by atoms with Gasteiger partial charge < -0.3 is 15.8 Å². The van der Waals surface area contributed by atoms with Crippen LogP contribution < -0.4 is 11.1 Å². The number of esters is 1. The van der Waals surface area contributed by atoms with Gasteiger partial charge in [0.15, 0.2) is 0 Å². The van der Waals surface area contributed by atoms with Crippen molar-refractivity contribution in [2.24, 2.45) is 5.73 Å². The molecule has 92 valence electrons. The lowest BCUT2D eigenvalue weighted by atomic mass is 10.1. The van der Waals surface area contributed by atoms with Crippen LogP contribution in [0.15, 0.2) is 30.3 Å². The molecule has 0 fully saturated rings. The first kappa shape index (κ1) is 13.2. The predicted molar refractivity (Wildman–Crippen MR) is 63.1 cm³/mol. The third-order valence-electron chi connectivity index (χ3n) is 2.27. The zero-order valence-corrected chi connectivity index (χ0v) is 9.68. The number of hydrogen-bond donors (Lipinski definition) is 2. The van der Waals surface area contributed by atoms with E-state index in [1.807, 2.05) is 30.3 Å². The Morgan fingerprint density at radius 3 is 2.59 bits per heavy atom. The van der Waals surface area contributed by atoms with Gasteiger partial charge in [-0.05, 0) is 12.0 Å². The number of amides is 1. The first-order valence-electron chi connectivity index (χ1n) is 5.27. The van der Waals surface area contributed by atoms with Gasteiger partial charge in [0.1, 0.15) is 6.54 Å². The number of carbonyl (C=O) groups excluding carboxylic acids is 2. The fourth-order valence-electron chi connectivity index (χ4n) is 1.32. The van der Waals surface area contributed by atoms with E-state index in [1.165, 1.54) is 7.11 Å². The molecule has 0 aliphatic carbocycles.